The molecule has 2 unspecified atom stereocenters. The number of benzene rings is 2. The van der Waals surface area contributed by atoms with Crippen molar-refractivity contribution in [1.29, 1.82) is 0 Å². The van der Waals surface area contributed by atoms with Crippen LogP contribution in [0.5, 0.6) is 0 Å². The Morgan fingerprint density at radius 3 is 2.40 bits per heavy atom. The van der Waals surface area contributed by atoms with Gasteiger partial charge in [-0.15, -0.1) is 0 Å². The van der Waals surface area contributed by atoms with E-state index in [1.54, 1.807) is 12.1 Å². The van der Waals surface area contributed by atoms with Gasteiger partial charge in [0.1, 0.15) is 5.82 Å². The number of rotatable bonds is 4. The zero-order valence-corrected chi connectivity index (χ0v) is 14.5. The molecular weight excluding hydrogens is 339 g/mol. The second-order valence-corrected chi connectivity index (χ2v) is 7.44. The van der Waals surface area contributed by atoms with Gasteiger partial charge in [-0.1, -0.05) is 35.9 Å². The third kappa shape index (κ3) is 3.29. The summed E-state index contributed by atoms with van der Waals surface area (Å²) in [4.78, 5) is 12.9. The van der Waals surface area contributed by atoms with E-state index in [1.165, 1.54) is 12.1 Å². The first kappa shape index (κ1) is 16.6. The lowest BCUT2D eigenvalue weighted by Gasteiger charge is -2.24. The summed E-state index contributed by atoms with van der Waals surface area (Å²) >= 11 is 5.97. The van der Waals surface area contributed by atoms with Gasteiger partial charge in [-0.05, 0) is 48.2 Å². The summed E-state index contributed by atoms with van der Waals surface area (Å²) in [6, 6.07) is 14.2. The molecule has 0 aromatic heterocycles. The monoisotopic (exact) mass is 358 g/mol. The molecule has 25 heavy (non-hydrogen) atoms. The van der Waals surface area contributed by atoms with E-state index < -0.39 is 0 Å². The maximum Gasteiger partial charge on any atom is 0.225 e. The van der Waals surface area contributed by atoms with Crippen molar-refractivity contribution in [2.75, 3.05) is 13.1 Å². The molecule has 1 saturated heterocycles. The van der Waals surface area contributed by atoms with Gasteiger partial charge >= 0.3 is 0 Å². The van der Waals surface area contributed by atoms with Crippen LogP contribution in [0.15, 0.2) is 48.5 Å². The van der Waals surface area contributed by atoms with Crippen molar-refractivity contribution in [3.05, 3.63) is 70.5 Å². The van der Waals surface area contributed by atoms with Gasteiger partial charge in [0.2, 0.25) is 5.91 Å². The van der Waals surface area contributed by atoms with Gasteiger partial charge in [0, 0.05) is 24.0 Å². The highest BCUT2D eigenvalue weighted by Crippen LogP contribution is 2.46. The van der Waals surface area contributed by atoms with Crippen molar-refractivity contribution in [2.45, 2.75) is 24.3 Å². The van der Waals surface area contributed by atoms with Crippen LogP contribution in [-0.4, -0.2) is 19.0 Å². The first-order valence-electron chi connectivity index (χ1n) is 8.62. The number of carbonyl (C=O) groups is 1. The van der Waals surface area contributed by atoms with E-state index in [-0.39, 0.29) is 29.1 Å². The molecule has 2 aromatic rings. The zero-order valence-electron chi connectivity index (χ0n) is 13.8. The van der Waals surface area contributed by atoms with E-state index in [1.807, 2.05) is 24.3 Å². The van der Waals surface area contributed by atoms with Crippen LogP contribution in [0.25, 0.3) is 0 Å². The van der Waals surface area contributed by atoms with E-state index in [0.29, 0.717) is 11.6 Å². The molecule has 2 aromatic carbocycles. The Balaban J connectivity index is 1.50. The summed E-state index contributed by atoms with van der Waals surface area (Å²) in [5.41, 5.74) is 1.79. The highest BCUT2D eigenvalue weighted by Gasteiger charge is 2.47. The smallest absolute Gasteiger partial charge is 0.225 e. The Hall–Kier alpha value is -1.91. The molecule has 5 heteroatoms. The summed E-state index contributed by atoms with van der Waals surface area (Å²) in [7, 11) is 0. The van der Waals surface area contributed by atoms with Crippen LogP contribution in [-0.2, 0) is 10.3 Å². The standard InChI is InChI=1S/C20H20ClFN2O/c21-15-5-1-13(2-6-15)17-11-23-12-18(17)19(25)24-20(9-10-20)14-3-7-16(22)8-4-14/h1-8,17-18,23H,9-12H2,(H,24,25). The van der Waals surface area contributed by atoms with Crippen LogP contribution in [0, 0.1) is 11.7 Å². The number of halogens is 2. The van der Waals surface area contributed by atoms with Crippen LogP contribution in [0.4, 0.5) is 4.39 Å². The SMILES string of the molecule is O=C(NC1(c2ccc(F)cc2)CC1)C1CNCC1c1ccc(Cl)cc1. The topological polar surface area (TPSA) is 41.1 Å². The molecule has 4 rings (SSSR count). The molecule has 0 radical (unpaired) electrons. The molecule has 2 N–H and O–H groups in total. The van der Waals surface area contributed by atoms with Crippen LogP contribution >= 0.6 is 11.6 Å². The van der Waals surface area contributed by atoms with Gasteiger partial charge in [0.05, 0.1) is 11.5 Å². The predicted molar refractivity (Wildman–Crippen MR) is 96.0 cm³/mol. The maximum atomic E-state index is 13.2. The number of amides is 1. The summed E-state index contributed by atoms with van der Waals surface area (Å²) in [6.45, 7) is 1.45. The number of nitrogens with one attached hydrogen (secondary N) is 2. The minimum Gasteiger partial charge on any atom is -0.346 e. The average Bonchev–Trinajstić information content (AvgIpc) is 3.21. The largest absolute Gasteiger partial charge is 0.346 e. The van der Waals surface area contributed by atoms with Gasteiger partial charge in [0.15, 0.2) is 0 Å². The lowest BCUT2D eigenvalue weighted by atomic mass is 9.88. The molecule has 2 atom stereocenters. The fourth-order valence-corrected chi connectivity index (χ4v) is 3.85. The minimum atomic E-state index is -0.322. The van der Waals surface area contributed by atoms with Crippen LogP contribution in [0.1, 0.15) is 29.9 Å². The van der Waals surface area contributed by atoms with Gasteiger partial charge in [-0.25, -0.2) is 4.39 Å². The molecule has 1 heterocycles. The highest BCUT2D eigenvalue weighted by atomic mass is 35.5. The van der Waals surface area contributed by atoms with Crippen LogP contribution in [0.3, 0.4) is 0 Å². The van der Waals surface area contributed by atoms with Crippen molar-refractivity contribution in [3.8, 4) is 0 Å². The van der Waals surface area contributed by atoms with Gasteiger partial charge < -0.3 is 10.6 Å². The first-order valence-corrected chi connectivity index (χ1v) is 8.99. The van der Waals surface area contributed by atoms with Crippen LogP contribution < -0.4 is 10.6 Å². The molecule has 0 spiro atoms. The molecule has 3 nitrogen and oxygen atoms in total. The molecule has 1 aliphatic carbocycles. The Morgan fingerprint density at radius 2 is 1.76 bits per heavy atom. The van der Waals surface area contributed by atoms with Crippen molar-refractivity contribution >= 4 is 17.5 Å². The van der Waals surface area contributed by atoms with Crippen molar-refractivity contribution in [3.63, 3.8) is 0 Å². The number of hydrogen-bond acceptors (Lipinski definition) is 2. The summed E-state index contributed by atoms with van der Waals surface area (Å²) in [5.74, 6) is -0.166. The molecule has 130 valence electrons. The van der Waals surface area contributed by atoms with E-state index >= 15 is 0 Å². The zero-order chi connectivity index (χ0) is 17.4. The predicted octanol–water partition coefficient (Wildman–Crippen LogP) is 3.59. The lowest BCUT2D eigenvalue weighted by Crippen LogP contribution is -2.41. The molecule has 1 saturated carbocycles. The van der Waals surface area contributed by atoms with Crippen molar-refractivity contribution in [2.24, 2.45) is 5.92 Å². The van der Waals surface area contributed by atoms with Gasteiger partial charge in [0.25, 0.3) is 0 Å². The van der Waals surface area contributed by atoms with E-state index in [9.17, 15) is 9.18 Å². The Morgan fingerprint density at radius 1 is 1.08 bits per heavy atom. The van der Waals surface area contributed by atoms with E-state index in [2.05, 4.69) is 10.6 Å². The Kier molecular flexibility index (Phi) is 4.26. The van der Waals surface area contributed by atoms with Crippen LogP contribution in [0.2, 0.25) is 5.02 Å². The van der Waals surface area contributed by atoms with Crippen molar-refractivity contribution in [1.82, 2.24) is 10.6 Å². The number of hydrogen-bond donors (Lipinski definition) is 2. The minimum absolute atomic E-state index is 0.0618. The first-order chi connectivity index (χ1) is 12.1. The fraction of sp³-hybridized carbons (Fsp3) is 0.350. The average molecular weight is 359 g/mol. The molecule has 0 bridgehead atoms. The summed E-state index contributed by atoms with van der Waals surface area (Å²) < 4.78 is 13.2. The maximum absolute atomic E-state index is 13.2. The third-order valence-electron chi connectivity index (χ3n) is 5.36. The quantitative estimate of drug-likeness (QED) is 0.877. The number of carbonyl (C=O) groups excluding carboxylic acids is 1. The van der Waals surface area contributed by atoms with E-state index in [4.69, 9.17) is 11.6 Å². The van der Waals surface area contributed by atoms with Gasteiger partial charge in [-0.2, -0.15) is 0 Å². The molecule has 2 aliphatic rings. The third-order valence-corrected chi connectivity index (χ3v) is 5.61. The Labute approximate surface area is 151 Å². The molecular formula is C20H20ClFN2O. The second-order valence-electron chi connectivity index (χ2n) is 7.00. The highest BCUT2D eigenvalue weighted by molar-refractivity contribution is 6.30. The molecule has 2 fully saturated rings. The summed E-state index contributed by atoms with van der Waals surface area (Å²) in [5, 5.41) is 7.25. The fourth-order valence-electron chi connectivity index (χ4n) is 3.72. The lowest BCUT2D eigenvalue weighted by molar-refractivity contribution is -0.125. The van der Waals surface area contributed by atoms with E-state index in [0.717, 1.165) is 30.5 Å². The second kappa shape index (κ2) is 6.43. The molecule has 1 aliphatic heterocycles. The van der Waals surface area contributed by atoms with Crippen molar-refractivity contribution < 1.29 is 9.18 Å². The van der Waals surface area contributed by atoms with Gasteiger partial charge in [-0.3, -0.25) is 4.79 Å². The summed E-state index contributed by atoms with van der Waals surface area (Å²) in [6.07, 6.45) is 1.80. The normalized spacial score (nSPS) is 24.1. The Bertz CT molecular complexity index is 771. The molecule has 1 amide bonds.